The maximum absolute atomic E-state index is 13.3. The third-order valence-corrected chi connectivity index (χ3v) is 5.50. The van der Waals surface area contributed by atoms with E-state index in [9.17, 15) is 4.79 Å². The summed E-state index contributed by atoms with van der Waals surface area (Å²) in [5.41, 5.74) is 7.23. The molecule has 2 aromatic heterocycles. The monoisotopic (exact) mass is 414 g/mol. The highest BCUT2D eigenvalue weighted by molar-refractivity contribution is 6.11. The van der Waals surface area contributed by atoms with Gasteiger partial charge in [-0.25, -0.2) is 4.98 Å². The number of benzene rings is 3. The summed E-state index contributed by atoms with van der Waals surface area (Å²) in [4.78, 5) is 18.2. The highest BCUT2D eigenvalue weighted by Gasteiger charge is 2.20. The lowest BCUT2D eigenvalue weighted by atomic mass is 9.96. The third kappa shape index (κ3) is 3.77. The van der Waals surface area contributed by atoms with Gasteiger partial charge >= 0.3 is 0 Å². The number of allylic oxidation sites excluding steroid dienone is 1. The molecule has 0 N–H and O–H groups in total. The van der Waals surface area contributed by atoms with Gasteiger partial charge in [0.25, 0.3) is 0 Å². The smallest absolute Gasteiger partial charge is 0.186 e. The number of rotatable bonds is 5. The van der Waals surface area contributed by atoms with Crippen LogP contribution in [0.2, 0.25) is 0 Å². The maximum atomic E-state index is 13.3. The van der Waals surface area contributed by atoms with Crippen molar-refractivity contribution >= 4 is 17.0 Å². The highest BCUT2D eigenvalue weighted by Crippen LogP contribution is 2.34. The van der Waals surface area contributed by atoms with Crippen molar-refractivity contribution in [1.82, 2.24) is 9.38 Å². The standard InChI is InChI=1S/C29H22N2O/c1-21-17-18-31-27(19-21)30-28(24-15-9-4-10-16-24)29(31)25(22-11-5-2-6-12-22)20-26(32)23-13-7-3-8-14-23/h2-20H,1H3/b25-20-. The number of carbonyl (C=O) groups is 1. The molecule has 3 heteroatoms. The summed E-state index contributed by atoms with van der Waals surface area (Å²) in [6.07, 6.45) is 3.77. The number of ketones is 1. The zero-order chi connectivity index (χ0) is 21.9. The first kappa shape index (κ1) is 19.7. The van der Waals surface area contributed by atoms with E-state index in [0.29, 0.717) is 5.56 Å². The quantitative estimate of drug-likeness (QED) is 0.239. The first-order chi connectivity index (χ1) is 15.7. The third-order valence-electron chi connectivity index (χ3n) is 5.50. The van der Waals surface area contributed by atoms with Crippen LogP contribution in [0.15, 0.2) is 115 Å². The van der Waals surface area contributed by atoms with Gasteiger partial charge in [-0.15, -0.1) is 0 Å². The lowest BCUT2D eigenvalue weighted by Gasteiger charge is -2.11. The highest BCUT2D eigenvalue weighted by atomic mass is 16.1. The van der Waals surface area contributed by atoms with Gasteiger partial charge in [-0.3, -0.25) is 9.20 Å². The van der Waals surface area contributed by atoms with E-state index >= 15 is 0 Å². The van der Waals surface area contributed by atoms with Gasteiger partial charge in [0.05, 0.1) is 11.4 Å². The molecule has 0 bridgehead atoms. The molecule has 0 aliphatic heterocycles. The number of fused-ring (bicyclic) bond motifs is 1. The molecule has 0 aliphatic rings. The van der Waals surface area contributed by atoms with Crippen molar-refractivity contribution < 1.29 is 4.79 Å². The summed E-state index contributed by atoms with van der Waals surface area (Å²) in [5.74, 6) is -0.0365. The predicted molar refractivity (Wildman–Crippen MR) is 130 cm³/mol. The molecule has 0 unspecified atom stereocenters. The molecule has 0 aliphatic carbocycles. The Hall–Kier alpha value is -4.24. The van der Waals surface area contributed by atoms with Crippen molar-refractivity contribution in [2.24, 2.45) is 0 Å². The topological polar surface area (TPSA) is 34.4 Å². The number of hydrogen-bond acceptors (Lipinski definition) is 2. The molecular weight excluding hydrogens is 392 g/mol. The van der Waals surface area contributed by atoms with Crippen LogP contribution in [-0.2, 0) is 0 Å². The number of imidazole rings is 1. The lowest BCUT2D eigenvalue weighted by molar-refractivity contribution is 0.104. The van der Waals surface area contributed by atoms with Crippen LogP contribution >= 0.6 is 0 Å². The fraction of sp³-hybridized carbons (Fsp3) is 0.0345. The number of aromatic nitrogens is 2. The first-order valence-electron chi connectivity index (χ1n) is 10.6. The minimum Gasteiger partial charge on any atom is -0.299 e. The van der Waals surface area contributed by atoms with Gasteiger partial charge in [0.1, 0.15) is 5.65 Å². The Morgan fingerprint density at radius 3 is 2.03 bits per heavy atom. The van der Waals surface area contributed by atoms with E-state index in [4.69, 9.17) is 4.98 Å². The van der Waals surface area contributed by atoms with E-state index in [2.05, 4.69) is 35.6 Å². The SMILES string of the molecule is Cc1ccn2c(/C(=C\C(=O)c3ccccc3)c3ccccc3)c(-c3ccccc3)nc2c1. The Labute approximate surface area is 187 Å². The van der Waals surface area contributed by atoms with E-state index in [-0.39, 0.29) is 5.78 Å². The van der Waals surface area contributed by atoms with Gasteiger partial charge in [0.2, 0.25) is 0 Å². The molecule has 32 heavy (non-hydrogen) atoms. The van der Waals surface area contributed by atoms with Crippen LogP contribution in [0.25, 0.3) is 22.5 Å². The first-order valence-corrected chi connectivity index (χ1v) is 10.6. The van der Waals surface area contributed by atoms with Crippen molar-refractivity contribution in [1.29, 1.82) is 0 Å². The van der Waals surface area contributed by atoms with Crippen molar-refractivity contribution in [3.8, 4) is 11.3 Å². The van der Waals surface area contributed by atoms with Gasteiger partial charge in [-0.2, -0.15) is 0 Å². The summed E-state index contributed by atoms with van der Waals surface area (Å²) in [6.45, 7) is 2.06. The number of hydrogen-bond donors (Lipinski definition) is 0. The maximum Gasteiger partial charge on any atom is 0.186 e. The molecule has 0 amide bonds. The van der Waals surface area contributed by atoms with Crippen LogP contribution in [0.3, 0.4) is 0 Å². The average Bonchev–Trinajstić information content (AvgIpc) is 3.22. The lowest BCUT2D eigenvalue weighted by Crippen LogP contribution is -2.01. The summed E-state index contributed by atoms with van der Waals surface area (Å²) < 4.78 is 2.08. The van der Waals surface area contributed by atoms with Gasteiger partial charge < -0.3 is 0 Å². The molecule has 0 radical (unpaired) electrons. The average molecular weight is 415 g/mol. The Morgan fingerprint density at radius 1 is 0.781 bits per heavy atom. The summed E-state index contributed by atoms with van der Waals surface area (Å²) in [7, 11) is 0. The molecule has 0 atom stereocenters. The van der Waals surface area contributed by atoms with E-state index in [1.807, 2.05) is 85.1 Å². The van der Waals surface area contributed by atoms with Gasteiger partial charge in [-0.05, 0) is 36.3 Å². The predicted octanol–water partition coefficient (Wildman–Crippen LogP) is 6.62. The molecule has 5 rings (SSSR count). The summed E-state index contributed by atoms with van der Waals surface area (Å²) in [5, 5.41) is 0. The molecule has 2 heterocycles. The van der Waals surface area contributed by atoms with Crippen LogP contribution in [-0.4, -0.2) is 15.2 Å². The molecule has 0 saturated carbocycles. The Morgan fingerprint density at radius 2 is 1.38 bits per heavy atom. The molecule has 3 aromatic carbocycles. The van der Waals surface area contributed by atoms with Crippen LogP contribution in [0.4, 0.5) is 0 Å². The van der Waals surface area contributed by atoms with Crippen molar-refractivity contribution in [3.05, 3.63) is 138 Å². The fourth-order valence-corrected chi connectivity index (χ4v) is 3.92. The number of pyridine rings is 1. The number of aryl methyl sites for hydroxylation is 1. The Balaban J connectivity index is 1.81. The van der Waals surface area contributed by atoms with Crippen LogP contribution in [0.5, 0.6) is 0 Å². The minimum atomic E-state index is -0.0365. The molecular formula is C29H22N2O. The van der Waals surface area contributed by atoms with Crippen molar-refractivity contribution in [2.45, 2.75) is 6.92 Å². The second-order valence-corrected chi connectivity index (χ2v) is 7.76. The van der Waals surface area contributed by atoms with Gasteiger partial charge in [0.15, 0.2) is 5.78 Å². The van der Waals surface area contributed by atoms with Crippen LogP contribution in [0, 0.1) is 6.92 Å². The Bertz CT molecular complexity index is 1420. The second kappa shape index (κ2) is 8.48. The molecule has 3 nitrogen and oxygen atoms in total. The number of nitrogens with zero attached hydrogens (tertiary/aromatic N) is 2. The fourth-order valence-electron chi connectivity index (χ4n) is 3.92. The molecule has 0 spiro atoms. The largest absolute Gasteiger partial charge is 0.299 e. The summed E-state index contributed by atoms with van der Waals surface area (Å²) >= 11 is 0. The minimum absolute atomic E-state index is 0.0365. The van der Waals surface area contributed by atoms with Crippen LogP contribution in [0.1, 0.15) is 27.2 Å². The van der Waals surface area contributed by atoms with Gasteiger partial charge in [0, 0.05) is 22.9 Å². The Kier molecular flexibility index (Phi) is 5.22. The van der Waals surface area contributed by atoms with E-state index < -0.39 is 0 Å². The normalized spacial score (nSPS) is 11.6. The second-order valence-electron chi connectivity index (χ2n) is 7.76. The zero-order valence-corrected chi connectivity index (χ0v) is 17.8. The molecule has 154 valence electrons. The molecule has 0 saturated heterocycles. The number of carbonyl (C=O) groups excluding carboxylic acids is 1. The summed E-state index contributed by atoms with van der Waals surface area (Å²) in [6, 6.07) is 33.7. The van der Waals surface area contributed by atoms with Gasteiger partial charge in [-0.1, -0.05) is 91.0 Å². The van der Waals surface area contributed by atoms with E-state index in [0.717, 1.165) is 39.3 Å². The van der Waals surface area contributed by atoms with Crippen LogP contribution < -0.4 is 0 Å². The van der Waals surface area contributed by atoms with E-state index in [1.54, 1.807) is 6.08 Å². The van der Waals surface area contributed by atoms with Crippen molar-refractivity contribution in [3.63, 3.8) is 0 Å². The zero-order valence-electron chi connectivity index (χ0n) is 17.8. The van der Waals surface area contributed by atoms with Crippen molar-refractivity contribution in [2.75, 3.05) is 0 Å². The molecule has 5 aromatic rings. The molecule has 0 fully saturated rings. The van der Waals surface area contributed by atoms with E-state index in [1.165, 1.54) is 0 Å².